The molecular formula is C17H24F2N2O3. The molecule has 1 aromatic rings. The largest absolute Gasteiger partial charge is 0.503 e. The molecule has 0 heterocycles. The second kappa shape index (κ2) is 7.34. The SMILES string of the molecule is CC(C)(C)OC(=O)NC1CCCC1NCc1cc(F)c(O)c(F)c1. The first-order valence-corrected chi connectivity index (χ1v) is 8.05. The lowest BCUT2D eigenvalue weighted by Gasteiger charge is -2.25. The Balaban J connectivity index is 1.91. The molecule has 3 N–H and O–H groups in total. The van der Waals surface area contributed by atoms with Gasteiger partial charge in [0.1, 0.15) is 5.60 Å². The van der Waals surface area contributed by atoms with E-state index < -0.39 is 29.1 Å². The molecule has 24 heavy (non-hydrogen) atoms. The van der Waals surface area contributed by atoms with E-state index in [-0.39, 0.29) is 18.6 Å². The smallest absolute Gasteiger partial charge is 0.407 e. The van der Waals surface area contributed by atoms with Crippen LogP contribution in [0.2, 0.25) is 0 Å². The van der Waals surface area contributed by atoms with Gasteiger partial charge in [0.2, 0.25) is 0 Å². The number of hydrogen-bond donors (Lipinski definition) is 3. The van der Waals surface area contributed by atoms with Crippen molar-refractivity contribution in [1.82, 2.24) is 10.6 Å². The number of aromatic hydroxyl groups is 1. The molecule has 1 fully saturated rings. The zero-order valence-electron chi connectivity index (χ0n) is 14.2. The highest BCUT2D eigenvalue weighted by molar-refractivity contribution is 5.68. The van der Waals surface area contributed by atoms with Gasteiger partial charge in [-0.05, 0) is 57.7 Å². The first-order valence-electron chi connectivity index (χ1n) is 8.05. The van der Waals surface area contributed by atoms with Crippen LogP contribution in [-0.4, -0.2) is 28.9 Å². The quantitative estimate of drug-likeness (QED) is 0.786. The van der Waals surface area contributed by atoms with E-state index >= 15 is 0 Å². The van der Waals surface area contributed by atoms with Crippen molar-refractivity contribution in [1.29, 1.82) is 0 Å². The molecule has 0 aromatic heterocycles. The van der Waals surface area contributed by atoms with Gasteiger partial charge in [-0.25, -0.2) is 13.6 Å². The van der Waals surface area contributed by atoms with Crippen molar-refractivity contribution in [2.75, 3.05) is 0 Å². The lowest BCUT2D eigenvalue weighted by atomic mass is 10.1. The van der Waals surface area contributed by atoms with Crippen molar-refractivity contribution in [3.8, 4) is 5.75 Å². The number of carbonyl (C=O) groups is 1. The van der Waals surface area contributed by atoms with Crippen LogP contribution in [0.15, 0.2) is 12.1 Å². The molecule has 1 aliphatic carbocycles. The van der Waals surface area contributed by atoms with Crippen LogP contribution in [0, 0.1) is 11.6 Å². The molecule has 2 unspecified atom stereocenters. The van der Waals surface area contributed by atoms with Crippen LogP contribution in [-0.2, 0) is 11.3 Å². The topological polar surface area (TPSA) is 70.6 Å². The summed E-state index contributed by atoms with van der Waals surface area (Å²) in [5.74, 6) is -2.94. The average Bonchev–Trinajstić information content (AvgIpc) is 2.87. The summed E-state index contributed by atoms with van der Waals surface area (Å²) in [6, 6.07) is 2.09. The average molecular weight is 342 g/mol. The highest BCUT2D eigenvalue weighted by atomic mass is 19.1. The number of phenolic OH excluding ortho intramolecular Hbond substituents is 1. The molecule has 0 aliphatic heterocycles. The number of halogens is 2. The number of alkyl carbamates (subject to hydrolysis) is 1. The normalized spacial score (nSPS) is 20.9. The third-order valence-electron chi connectivity index (χ3n) is 3.86. The van der Waals surface area contributed by atoms with E-state index in [0.717, 1.165) is 31.4 Å². The second-order valence-electron chi connectivity index (χ2n) is 7.08. The Bertz CT molecular complexity index is 579. The molecule has 134 valence electrons. The van der Waals surface area contributed by atoms with Crippen molar-refractivity contribution >= 4 is 6.09 Å². The fraction of sp³-hybridized carbons (Fsp3) is 0.588. The molecule has 2 atom stereocenters. The summed E-state index contributed by atoms with van der Waals surface area (Å²) < 4.78 is 32.0. The van der Waals surface area contributed by atoms with Gasteiger partial charge in [0.25, 0.3) is 0 Å². The van der Waals surface area contributed by atoms with Crippen LogP contribution >= 0.6 is 0 Å². The van der Waals surface area contributed by atoms with E-state index in [2.05, 4.69) is 10.6 Å². The highest BCUT2D eigenvalue weighted by Gasteiger charge is 2.29. The maximum absolute atomic E-state index is 13.4. The maximum Gasteiger partial charge on any atom is 0.407 e. The van der Waals surface area contributed by atoms with Gasteiger partial charge in [-0.1, -0.05) is 0 Å². The highest BCUT2D eigenvalue weighted by Crippen LogP contribution is 2.23. The molecule has 5 nitrogen and oxygen atoms in total. The molecule has 1 saturated carbocycles. The maximum atomic E-state index is 13.4. The van der Waals surface area contributed by atoms with Gasteiger partial charge in [-0.2, -0.15) is 0 Å². The van der Waals surface area contributed by atoms with Gasteiger partial charge in [0.05, 0.1) is 0 Å². The van der Waals surface area contributed by atoms with Crippen LogP contribution in [0.4, 0.5) is 13.6 Å². The first kappa shape index (κ1) is 18.4. The second-order valence-corrected chi connectivity index (χ2v) is 7.08. The number of rotatable bonds is 4. The van der Waals surface area contributed by atoms with Crippen LogP contribution in [0.5, 0.6) is 5.75 Å². The minimum absolute atomic E-state index is 0.00237. The van der Waals surface area contributed by atoms with Gasteiger partial charge in [-0.3, -0.25) is 0 Å². The van der Waals surface area contributed by atoms with Gasteiger partial charge in [0.15, 0.2) is 17.4 Å². The number of phenols is 1. The monoisotopic (exact) mass is 342 g/mol. The van der Waals surface area contributed by atoms with Gasteiger partial charge >= 0.3 is 6.09 Å². The first-order chi connectivity index (χ1) is 11.2. The van der Waals surface area contributed by atoms with Crippen LogP contribution in [0.25, 0.3) is 0 Å². The summed E-state index contributed by atoms with van der Waals surface area (Å²) in [6.45, 7) is 5.63. The summed E-state index contributed by atoms with van der Waals surface area (Å²) >= 11 is 0. The zero-order chi connectivity index (χ0) is 17.9. The molecule has 1 aromatic carbocycles. The van der Waals surface area contributed by atoms with Gasteiger partial charge < -0.3 is 20.5 Å². The third-order valence-corrected chi connectivity index (χ3v) is 3.86. The van der Waals surface area contributed by atoms with Crippen molar-refractivity contribution in [3.63, 3.8) is 0 Å². The predicted molar refractivity (Wildman–Crippen MR) is 85.7 cm³/mol. The standard InChI is InChI=1S/C17H24F2N2O3/c1-17(2,3)24-16(23)21-14-6-4-5-13(14)20-9-10-7-11(18)15(22)12(19)8-10/h7-8,13-14,20,22H,4-6,9H2,1-3H3,(H,21,23). The van der Waals surface area contributed by atoms with Crippen LogP contribution in [0.3, 0.4) is 0 Å². The lowest BCUT2D eigenvalue weighted by molar-refractivity contribution is 0.0498. The molecule has 0 bridgehead atoms. The van der Waals surface area contributed by atoms with E-state index in [4.69, 9.17) is 9.84 Å². The molecule has 1 amide bonds. The molecular weight excluding hydrogens is 318 g/mol. The van der Waals surface area contributed by atoms with Crippen molar-refractivity contribution in [2.24, 2.45) is 0 Å². The molecule has 0 saturated heterocycles. The minimum Gasteiger partial charge on any atom is -0.503 e. The molecule has 0 spiro atoms. The summed E-state index contributed by atoms with van der Waals surface area (Å²) in [7, 11) is 0. The summed E-state index contributed by atoms with van der Waals surface area (Å²) in [4.78, 5) is 11.9. The van der Waals surface area contributed by atoms with Crippen molar-refractivity contribution < 1.29 is 23.4 Å². The summed E-state index contributed by atoms with van der Waals surface area (Å²) in [5, 5.41) is 15.2. The van der Waals surface area contributed by atoms with E-state index in [0.29, 0.717) is 5.56 Å². The fourth-order valence-electron chi connectivity index (χ4n) is 2.81. The number of carbonyl (C=O) groups excluding carboxylic acids is 1. The minimum atomic E-state index is -0.985. The van der Waals surface area contributed by atoms with Gasteiger partial charge in [0, 0.05) is 18.6 Å². The number of hydrogen-bond acceptors (Lipinski definition) is 4. The third kappa shape index (κ3) is 5.06. The Labute approximate surface area is 140 Å². The number of amides is 1. The molecule has 2 rings (SSSR count). The lowest BCUT2D eigenvalue weighted by Crippen LogP contribution is -2.47. The zero-order valence-corrected chi connectivity index (χ0v) is 14.2. The Hall–Kier alpha value is -1.89. The number of nitrogens with one attached hydrogen (secondary N) is 2. The summed E-state index contributed by atoms with van der Waals surface area (Å²) in [5.41, 5.74) is -0.169. The number of ether oxygens (including phenoxy) is 1. The van der Waals surface area contributed by atoms with E-state index in [1.807, 2.05) is 0 Å². The Morgan fingerprint density at radius 1 is 1.25 bits per heavy atom. The van der Waals surface area contributed by atoms with Crippen molar-refractivity contribution in [2.45, 2.75) is 64.3 Å². The predicted octanol–water partition coefficient (Wildman–Crippen LogP) is 3.21. The molecule has 1 aliphatic rings. The van der Waals surface area contributed by atoms with Gasteiger partial charge in [-0.15, -0.1) is 0 Å². The summed E-state index contributed by atoms with van der Waals surface area (Å²) in [6.07, 6.45) is 2.14. The van der Waals surface area contributed by atoms with Crippen LogP contribution in [0.1, 0.15) is 45.6 Å². The number of benzene rings is 1. The van der Waals surface area contributed by atoms with Crippen LogP contribution < -0.4 is 10.6 Å². The molecule has 0 radical (unpaired) electrons. The molecule has 7 heteroatoms. The Morgan fingerprint density at radius 2 is 1.83 bits per heavy atom. The Morgan fingerprint density at radius 3 is 2.42 bits per heavy atom. The van der Waals surface area contributed by atoms with E-state index in [9.17, 15) is 13.6 Å². The Kier molecular flexibility index (Phi) is 5.64. The van der Waals surface area contributed by atoms with E-state index in [1.54, 1.807) is 20.8 Å². The van der Waals surface area contributed by atoms with Crippen molar-refractivity contribution in [3.05, 3.63) is 29.3 Å². The van der Waals surface area contributed by atoms with E-state index in [1.165, 1.54) is 0 Å². The fourth-order valence-corrected chi connectivity index (χ4v) is 2.81.